The monoisotopic (exact) mass is 511 g/mol. The molecule has 8 heteroatoms. The van der Waals surface area contributed by atoms with Crippen molar-refractivity contribution in [3.05, 3.63) is 125 Å². The number of para-hydroxylation sites is 1. The van der Waals surface area contributed by atoms with E-state index in [1.54, 1.807) is 48.5 Å². The first-order chi connectivity index (χ1) is 18.1. The summed E-state index contributed by atoms with van der Waals surface area (Å²) in [6.07, 6.45) is 0. The molecule has 0 unspecified atom stereocenters. The van der Waals surface area contributed by atoms with E-state index in [2.05, 4.69) is 10.3 Å². The molecule has 0 aliphatic rings. The number of aromatic nitrogens is 2. The van der Waals surface area contributed by atoms with E-state index in [1.165, 1.54) is 28.8 Å². The topological polar surface area (TPSA) is 73.2 Å². The molecule has 1 heterocycles. The average molecular weight is 512 g/mol. The van der Waals surface area contributed by atoms with E-state index in [4.69, 9.17) is 4.74 Å². The molecule has 0 radical (unpaired) electrons. The number of fused-ring (bicyclic) bond motifs is 1. The molecule has 5 rings (SSSR count). The highest BCUT2D eigenvalue weighted by Crippen LogP contribution is 2.23. The third kappa shape index (κ3) is 5.87. The first-order valence-corrected chi connectivity index (χ1v) is 12.5. The highest BCUT2D eigenvalue weighted by molar-refractivity contribution is 7.99. The molecule has 0 spiro atoms. The Bertz CT molecular complexity index is 1590. The number of hydrogen-bond donors (Lipinski definition) is 1. The van der Waals surface area contributed by atoms with E-state index < -0.39 is 5.82 Å². The summed E-state index contributed by atoms with van der Waals surface area (Å²) >= 11 is 1.13. The number of thioether (sulfide) groups is 1. The van der Waals surface area contributed by atoms with Crippen LogP contribution in [0.25, 0.3) is 16.6 Å². The maximum absolute atomic E-state index is 13.5. The van der Waals surface area contributed by atoms with Crippen LogP contribution in [0.15, 0.2) is 113 Å². The van der Waals surface area contributed by atoms with Gasteiger partial charge in [-0.15, -0.1) is 0 Å². The first kappa shape index (κ1) is 24.3. The van der Waals surface area contributed by atoms with Gasteiger partial charge in [0.1, 0.15) is 18.2 Å². The van der Waals surface area contributed by atoms with E-state index in [9.17, 15) is 14.0 Å². The fourth-order valence-corrected chi connectivity index (χ4v) is 4.54. The molecule has 0 aliphatic heterocycles. The number of hydrogen-bond acceptors (Lipinski definition) is 5. The van der Waals surface area contributed by atoms with Crippen LogP contribution < -0.4 is 15.6 Å². The van der Waals surface area contributed by atoms with Crippen molar-refractivity contribution in [1.29, 1.82) is 0 Å². The summed E-state index contributed by atoms with van der Waals surface area (Å²) in [6, 6.07) is 29.6. The molecule has 1 aromatic heterocycles. The number of rotatable bonds is 8. The zero-order valence-electron chi connectivity index (χ0n) is 19.6. The Kier molecular flexibility index (Phi) is 7.28. The van der Waals surface area contributed by atoms with E-state index in [-0.39, 0.29) is 17.2 Å². The number of carbonyl (C=O) groups excluding carboxylic acids is 1. The number of nitrogens with zero attached hydrogens (tertiary/aromatic N) is 2. The highest BCUT2D eigenvalue weighted by atomic mass is 32.2. The van der Waals surface area contributed by atoms with Crippen molar-refractivity contribution in [3.63, 3.8) is 0 Å². The number of benzene rings is 4. The molecule has 6 nitrogen and oxygen atoms in total. The summed E-state index contributed by atoms with van der Waals surface area (Å²) < 4.78 is 20.7. The van der Waals surface area contributed by atoms with Gasteiger partial charge >= 0.3 is 0 Å². The second-order valence-electron chi connectivity index (χ2n) is 8.16. The molecular weight excluding hydrogens is 489 g/mol. The predicted octanol–water partition coefficient (Wildman–Crippen LogP) is 5.83. The number of ether oxygens (including phenoxy) is 1. The molecule has 0 aliphatic carbocycles. The lowest BCUT2D eigenvalue weighted by atomic mass is 10.2. The van der Waals surface area contributed by atoms with Gasteiger partial charge in [0.15, 0.2) is 5.16 Å². The average Bonchev–Trinajstić information content (AvgIpc) is 2.93. The highest BCUT2D eigenvalue weighted by Gasteiger charge is 2.15. The maximum atomic E-state index is 13.5. The second kappa shape index (κ2) is 11.1. The Morgan fingerprint density at radius 3 is 2.35 bits per heavy atom. The fourth-order valence-electron chi connectivity index (χ4n) is 3.73. The van der Waals surface area contributed by atoms with Crippen molar-refractivity contribution < 1.29 is 13.9 Å². The van der Waals surface area contributed by atoms with Crippen molar-refractivity contribution in [2.24, 2.45) is 0 Å². The van der Waals surface area contributed by atoms with Crippen molar-refractivity contribution >= 4 is 34.3 Å². The number of amides is 1. The summed E-state index contributed by atoms with van der Waals surface area (Å²) in [4.78, 5) is 30.6. The van der Waals surface area contributed by atoms with Gasteiger partial charge < -0.3 is 10.1 Å². The van der Waals surface area contributed by atoms with Gasteiger partial charge in [0.05, 0.1) is 22.3 Å². The third-order valence-electron chi connectivity index (χ3n) is 5.55. The molecule has 37 heavy (non-hydrogen) atoms. The van der Waals surface area contributed by atoms with Gasteiger partial charge in [0.25, 0.3) is 5.56 Å². The minimum atomic E-state index is -0.407. The molecule has 4 aromatic carbocycles. The number of nitrogens with one attached hydrogen (secondary N) is 1. The van der Waals surface area contributed by atoms with Crippen molar-refractivity contribution in [1.82, 2.24) is 9.55 Å². The standard InChI is InChI=1S/C29H22FN3O3S/c30-21-10-14-23(15-11-21)33-28(35)25-8-4-5-9-26(25)32-29(33)37-19-27(34)31-22-12-16-24(17-13-22)36-18-20-6-2-1-3-7-20/h1-17H,18-19H2,(H,31,34). The fraction of sp³-hybridized carbons (Fsp3) is 0.0690. The molecule has 0 saturated carbocycles. The zero-order chi connectivity index (χ0) is 25.6. The van der Waals surface area contributed by atoms with Crippen molar-refractivity contribution in [2.45, 2.75) is 11.8 Å². The van der Waals surface area contributed by atoms with Gasteiger partial charge in [0.2, 0.25) is 5.91 Å². The molecule has 0 fully saturated rings. The third-order valence-corrected chi connectivity index (χ3v) is 6.49. The lowest BCUT2D eigenvalue weighted by Gasteiger charge is -2.13. The van der Waals surface area contributed by atoms with Crippen LogP contribution in [0.2, 0.25) is 0 Å². The van der Waals surface area contributed by atoms with Crippen LogP contribution >= 0.6 is 11.8 Å². The summed E-state index contributed by atoms with van der Waals surface area (Å²) in [7, 11) is 0. The van der Waals surface area contributed by atoms with E-state index in [0.717, 1.165) is 17.3 Å². The lowest BCUT2D eigenvalue weighted by Crippen LogP contribution is -2.23. The van der Waals surface area contributed by atoms with Crippen LogP contribution in [0.4, 0.5) is 10.1 Å². The Balaban J connectivity index is 1.28. The van der Waals surface area contributed by atoms with Gasteiger partial charge in [-0.2, -0.15) is 0 Å². The van der Waals surface area contributed by atoms with Gasteiger partial charge in [0, 0.05) is 5.69 Å². The van der Waals surface area contributed by atoms with Crippen LogP contribution in [-0.2, 0) is 11.4 Å². The maximum Gasteiger partial charge on any atom is 0.266 e. The Morgan fingerprint density at radius 2 is 1.59 bits per heavy atom. The number of halogens is 1. The van der Waals surface area contributed by atoms with E-state index in [1.807, 2.05) is 30.3 Å². The summed E-state index contributed by atoms with van der Waals surface area (Å²) in [6.45, 7) is 0.456. The van der Waals surface area contributed by atoms with E-state index in [0.29, 0.717) is 39.8 Å². The Morgan fingerprint density at radius 1 is 0.892 bits per heavy atom. The molecule has 1 N–H and O–H groups in total. The number of anilines is 1. The zero-order valence-corrected chi connectivity index (χ0v) is 20.5. The lowest BCUT2D eigenvalue weighted by molar-refractivity contribution is -0.113. The first-order valence-electron chi connectivity index (χ1n) is 11.5. The molecule has 1 amide bonds. The van der Waals surface area contributed by atoms with Gasteiger partial charge in [-0.25, -0.2) is 9.37 Å². The minimum Gasteiger partial charge on any atom is -0.489 e. The number of carbonyl (C=O) groups is 1. The van der Waals surface area contributed by atoms with Crippen LogP contribution in [0.1, 0.15) is 5.56 Å². The Labute approximate surface area is 216 Å². The van der Waals surface area contributed by atoms with Gasteiger partial charge in [-0.1, -0.05) is 54.2 Å². The van der Waals surface area contributed by atoms with Gasteiger partial charge in [-0.05, 0) is 66.2 Å². The SMILES string of the molecule is O=C(CSc1nc2ccccc2c(=O)n1-c1ccc(F)cc1)Nc1ccc(OCc2ccccc2)cc1. The quantitative estimate of drug-likeness (QED) is 0.210. The van der Waals surface area contributed by atoms with E-state index >= 15 is 0 Å². The summed E-state index contributed by atoms with van der Waals surface area (Å²) in [5, 5.41) is 3.63. The molecule has 0 atom stereocenters. The second-order valence-corrected chi connectivity index (χ2v) is 9.11. The normalized spacial score (nSPS) is 10.8. The smallest absolute Gasteiger partial charge is 0.266 e. The van der Waals surface area contributed by atoms with Crippen LogP contribution in [0, 0.1) is 5.82 Å². The minimum absolute atomic E-state index is 0.0260. The Hall–Kier alpha value is -4.43. The van der Waals surface area contributed by atoms with Crippen LogP contribution in [0.5, 0.6) is 5.75 Å². The van der Waals surface area contributed by atoms with Crippen LogP contribution in [-0.4, -0.2) is 21.2 Å². The van der Waals surface area contributed by atoms with Crippen molar-refractivity contribution in [2.75, 3.05) is 11.1 Å². The largest absolute Gasteiger partial charge is 0.489 e. The molecule has 184 valence electrons. The molecule has 5 aromatic rings. The molecular formula is C29H22FN3O3S. The van der Waals surface area contributed by atoms with Crippen LogP contribution in [0.3, 0.4) is 0 Å². The summed E-state index contributed by atoms with van der Waals surface area (Å²) in [5.74, 6) is 0.0599. The summed E-state index contributed by atoms with van der Waals surface area (Å²) in [5.41, 5.74) is 2.41. The predicted molar refractivity (Wildman–Crippen MR) is 144 cm³/mol. The molecule has 0 saturated heterocycles. The van der Waals surface area contributed by atoms with Crippen molar-refractivity contribution in [3.8, 4) is 11.4 Å². The van der Waals surface area contributed by atoms with Gasteiger partial charge in [-0.3, -0.25) is 14.2 Å². The molecule has 0 bridgehead atoms.